The number of methoxy groups -OCH3 is 1. The molecule has 0 radical (unpaired) electrons. The first-order valence-corrected chi connectivity index (χ1v) is 5.96. The first-order valence-electron chi connectivity index (χ1n) is 5.96. The minimum Gasteiger partial charge on any atom is -0.475 e. The van der Waals surface area contributed by atoms with Crippen LogP contribution in [0.2, 0.25) is 0 Å². The van der Waals surface area contributed by atoms with Crippen LogP contribution in [0.15, 0.2) is 16.5 Å². The average Bonchev–Trinajstić information content (AvgIpc) is 2.85. The number of hydrogen-bond donors (Lipinski definition) is 3. The van der Waals surface area contributed by atoms with Gasteiger partial charge in [0.2, 0.25) is 5.76 Å². The number of amides is 2. The number of urea groups is 1. The Kier molecular flexibility index (Phi) is 6.45. The summed E-state index contributed by atoms with van der Waals surface area (Å²) in [6.07, 6.45) is 1.72. The zero-order valence-corrected chi connectivity index (χ0v) is 10.8. The second kappa shape index (κ2) is 8.15. The second-order valence-electron chi connectivity index (χ2n) is 3.88. The van der Waals surface area contributed by atoms with Gasteiger partial charge in [-0.3, -0.25) is 0 Å². The van der Waals surface area contributed by atoms with Crippen LogP contribution in [-0.2, 0) is 11.3 Å². The van der Waals surface area contributed by atoms with Crippen LogP contribution in [0.3, 0.4) is 0 Å². The van der Waals surface area contributed by atoms with Crippen molar-refractivity contribution in [1.82, 2.24) is 10.6 Å². The highest BCUT2D eigenvalue weighted by Crippen LogP contribution is 2.07. The van der Waals surface area contributed by atoms with Gasteiger partial charge >= 0.3 is 12.0 Å². The molecule has 7 heteroatoms. The van der Waals surface area contributed by atoms with Gasteiger partial charge in [-0.15, -0.1) is 0 Å². The van der Waals surface area contributed by atoms with Crippen LogP contribution in [0.5, 0.6) is 0 Å². The highest BCUT2D eigenvalue weighted by atomic mass is 16.5. The summed E-state index contributed by atoms with van der Waals surface area (Å²) in [5.41, 5.74) is 0. The highest BCUT2D eigenvalue weighted by molar-refractivity contribution is 5.84. The molecule has 0 aliphatic carbocycles. The van der Waals surface area contributed by atoms with E-state index in [-0.39, 0.29) is 18.3 Å². The van der Waals surface area contributed by atoms with Crippen molar-refractivity contribution in [2.75, 3.05) is 20.3 Å². The van der Waals surface area contributed by atoms with E-state index in [0.717, 1.165) is 12.8 Å². The highest BCUT2D eigenvalue weighted by Gasteiger charge is 2.09. The third kappa shape index (κ3) is 5.91. The van der Waals surface area contributed by atoms with Crippen molar-refractivity contribution in [3.05, 3.63) is 23.7 Å². The average molecular weight is 270 g/mol. The molecule has 3 N–H and O–H groups in total. The molecule has 0 unspecified atom stereocenters. The Morgan fingerprint density at radius 3 is 2.74 bits per heavy atom. The summed E-state index contributed by atoms with van der Waals surface area (Å²) in [5, 5.41) is 13.9. The standard InChI is InChI=1S/C12H18N2O5/c1-18-7-3-2-6-13-12(17)14-8-9-4-5-10(19-9)11(15)16/h4-5H,2-3,6-8H2,1H3,(H,15,16)(H2,13,14,17). The van der Waals surface area contributed by atoms with E-state index in [0.29, 0.717) is 18.9 Å². The Balaban J connectivity index is 2.17. The molecule has 1 aromatic heterocycles. The van der Waals surface area contributed by atoms with E-state index in [1.165, 1.54) is 12.1 Å². The number of hydrogen-bond acceptors (Lipinski definition) is 4. The molecule has 0 bridgehead atoms. The minimum atomic E-state index is -1.13. The van der Waals surface area contributed by atoms with Crippen LogP contribution in [0.1, 0.15) is 29.2 Å². The number of carbonyl (C=O) groups excluding carboxylic acids is 1. The van der Waals surface area contributed by atoms with E-state index in [1.54, 1.807) is 7.11 Å². The van der Waals surface area contributed by atoms with E-state index in [1.807, 2.05) is 0 Å². The first kappa shape index (κ1) is 15.0. The molecule has 1 heterocycles. The van der Waals surface area contributed by atoms with Gasteiger partial charge in [-0.05, 0) is 25.0 Å². The molecular formula is C12H18N2O5. The number of carboxylic acid groups (broad SMARTS) is 1. The van der Waals surface area contributed by atoms with Crippen molar-refractivity contribution in [2.24, 2.45) is 0 Å². The molecule has 106 valence electrons. The molecule has 0 aliphatic rings. The van der Waals surface area contributed by atoms with E-state index in [2.05, 4.69) is 10.6 Å². The largest absolute Gasteiger partial charge is 0.475 e. The summed E-state index contributed by atoms with van der Waals surface area (Å²) in [6.45, 7) is 1.39. The first-order chi connectivity index (χ1) is 9.13. The van der Waals surface area contributed by atoms with Crippen LogP contribution in [0.25, 0.3) is 0 Å². The number of ether oxygens (including phenoxy) is 1. The van der Waals surface area contributed by atoms with Gasteiger partial charge in [-0.1, -0.05) is 0 Å². The zero-order valence-electron chi connectivity index (χ0n) is 10.8. The van der Waals surface area contributed by atoms with Crippen LogP contribution in [0.4, 0.5) is 4.79 Å². The molecule has 1 rings (SSSR count). The number of nitrogens with one attached hydrogen (secondary N) is 2. The van der Waals surface area contributed by atoms with Gasteiger partial charge in [0.1, 0.15) is 5.76 Å². The van der Waals surface area contributed by atoms with Gasteiger partial charge in [0, 0.05) is 20.3 Å². The van der Waals surface area contributed by atoms with Crippen molar-refractivity contribution >= 4 is 12.0 Å². The van der Waals surface area contributed by atoms with Crippen molar-refractivity contribution in [3.8, 4) is 0 Å². The Morgan fingerprint density at radius 2 is 2.11 bits per heavy atom. The molecule has 19 heavy (non-hydrogen) atoms. The fourth-order valence-corrected chi connectivity index (χ4v) is 1.39. The van der Waals surface area contributed by atoms with Gasteiger partial charge in [0.15, 0.2) is 0 Å². The predicted octanol–water partition coefficient (Wildman–Crippen LogP) is 1.20. The van der Waals surface area contributed by atoms with Crippen molar-refractivity contribution in [2.45, 2.75) is 19.4 Å². The van der Waals surface area contributed by atoms with Crippen molar-refractivity contribution in [1.29, 1.82) is 0 Å². The summed E-state index contributed by atoms with van der Waals surface area (Å²) in [4.78, 5) is 22.0. The number of carbonyl (C=O) groups is 2. The Labute approximate surface area is 110 Å². The van der Waals surface area contributed by atoms with Gasteiger partial charge in [-0.2, -0.15) is 0 Å². The minimum absolute atomic E-state index is 0.142. The summed E-state index contributed by atoms with van der Waals surface area (Å²) in [7, 11) is 1.63. The number of carboxylic acids is 1. The predicted molar refractivity (Wildman–Crippen MR) is 67.0 cm³/mol. The lowest BCUT2D eigenvalue weighted by Gasteiger charge is -2.06. The molecule has 0 atom stereocenters. The number of unbranched alkanes of at least 4 members (excludes halogenated alkanes) is 1. The molecular weight excluding hydrogens is 252 g/mol. The Hall–Kier alpha value is -2.02. The van der Waals surface area contributed by atoms with Crippen LogP contribution in [0, 0.1) is 0 Å². The lowest BCUT2D eigenvalue weighted by Crippen LogP contribution is -2.35. The lowest BCUT2D eigenvalue weighted by atomic mass is 10.3. The number of furan rings is 1. The fraction of sp³-hybridized carbons (Fsp3) is 0.500. The molecule has 2 amide bonds. The monoisotopic (exact) mass is 270 g/mol. The Morgan fingerprint density at radius 1 is 1.32 bits per heavy atom. The molecule has 0 aliphatic heterocycles. The number of rotatable bonds is 8. The maximum absolute atomic E-state index is 11.4. The summed E-state index contributed by atoms with van der Waals surface area (Å²) < 4.78 is 9.88. The summed E-state index contributed by atoms with van der Waals surface area (Å²) in [5.74, 6) is -0.877. The molecule has 7 nitrogen and oxygen atoms in total. The molecule has 0 aromatic carbocycles. The summed E-state index contributed by atoms with van der Waals surface area (Å²) >= 11 is 0. The Bertz CT molecular complexity index is 416. The zero-order chi connectivity index (χ0) is 14.1. The van der Waals surface area contributed by atoms with E-state index in [9.17, 15) is 9.59 Å². The smallest absolute Gasteiger partial charge is 0.371 e. The molecule has 0 saturated heterocycles. The topological polar surface area (TPSA) is 101 Å². The van der Waals surface area contributed by atoms with Crippen LogP contribution >= 0.6 is 0 Å². The third-order valence-corrected chi connectivity index (χ3v) is 2.36. The normalized spacial score (nSPS) is 10.2. The SMILES string of the molecule is COCCCCNC(=O)NCc1ccc(C(=O)O)o1. The van der Waals surface area contributed by atoms with Gasteiger partial charge in [0.05, 0.1) is 6.54 Å². The van der Waals surface area contributed by atoms with Gasteiger partial charge in [0.25, 0.3) is 0 Å². The third-order valence-electron chi connectivity index (χ3n) is 2.36. The molecule has 0 fully saturated rings. The van der Waals surface area contributed by atoms with Crippen molar-refractivity contribution < 1.29 is 23.8 Å². The second-order valence-corrected chi connectivity index (χ2v) is 3.88. The maximum Gasteiger partial charge on any atom is 0.371 e. The quantitative estimate of drug-likeness (QED) is 0.616. The molecule has 1 aromatic rings. The van der Waals surface area contributed by atoms with Gasteiger partial charge < -0.3 is 24.9 Å². The van der Waals surface area contributed by atoms with E-state index >= 15 is 0 Å². The molecule has 0 saturated carbocycles. The number of aromatic carboxylic acids is 1. The van der Waals surface area contributed by atoms with Crippen molar-refractivity contribution in [3.63, 3.8) is 0 Å². The fourth-order valence-electron chi connectivity index (χ4n) is 1.39. The summed E-state index contributed by atoms with van der Waals surface area (Å²) in [6, 6.07) is 2.55. The van der Waals surface area contributed by atoms with E-state index < -0.39 is 5.97 Å². The lowest BCUT2D eigenvalue weighted by molar-refractivity contribution is 0.0660. The van der Waals surface area contributed by atoms with Crippen LogP contribution in [-0.4, -0.2) is 37.4 Å². The van der Waals surface area contributed by atoms with Crippen LogP contribution < -0.4 is 10.6 Å². The van der Waals surface area contributed by atoms with Gasteiger partial charge in [-0.25, -0.2) is 9.59 Å². The maximum atomic E-state index is 11.4. The molecule has 0 spiro atoms. The van der Waals surface area contributed by atoms with E-state index in [4.69, 9.17) is 14.3 Å².